The first-order chi connectivity index (χ1) is 10.1. The summed E-state index contributed by atoms with van der Waals surface area (Å²) >= 11 is 3.54. The van der Waals surface area contributed by atoms with Crippen molar-refractivity contribution in [2.75, 3.05) is 0 Å². The van der Waals surface area contributed by atoms with Gasteiger partial charge in [0.05, 0.1) is 4.47 Å². The number of halogens is 1. The normalized spacial score (nSPS) is 12.3. The first-order valence-corrected chi connectivity index (χ1v) is 7.51. The number of aromatic nitrogens is 1. The van der Waals surface area contributed by atoms with Crippen LogP contribution in [0.5, 0.6) is 11.5 Å². The van der Waals surface area contributed by atoms with Gasteiger partial charge in [-0.2, -0.15) is 0 Å². The largest absolute Gasteiger partial charge is 0.454 e. The zero-order valence-corrected chi connectivity index (χ0v) is 13.2. The fourth-order valence-corrected chi connectivity index (χ4v) is 2.64. The zero-order chi connectivity index (χ0) is 14.8. The highest BCUT2D eigenvalue weighted by Crippen LogP contribution is 2.34. The highest BCUT2D eigenvalue weighted by molar-refractivity contribution is 9.10. The van der Waals surface area contributed by atoms with Gasteiger partial charge in [-0.25, -0.2) is 0 Å². The van der Waals surface area contributed by atoms with Crippen molar-refractivity contribution in [2.45, 2.75) is 13.0 Å². The van der Waals surface area contributed by atoms with Gasteiger partial charge < -0.3 is 10.5 Å². The second-order valence-corrected chi connectivity index (χ2v) is 5.77. The van der Waals surface area contributed by atoms with Crippen LogP contribution in [0.15, 0.2) is 59.2 Å². The molecule has 0 radical (unpaired) electrons. The van der Waals surface area contributed by atoms with E-state index in [1.807, 2.05) is 55.5 Å². The SMILES string of the molecule is CC(N)c1ccc(Oc2cccc3cccnc23)c(Br)c1. The predicted molar refractivity (Wildman–Crippen MR) is 88.6 cm³/mol. The van der Waals surface area contributed by atoms with Crippen LogP contribution in [0.3, 0.4) is 0 Å². The van der Waals surface area contributed by atoms with Crippen LogP contribution < -0.4 is 10.5 Å². The summed E-state index contributed by atoms with van der Waals surface area (Å²) in [5.41, 5.74) is 7.80. The van der Waals surface area contributed by atoms with Crippen molar-refractivity contribution in [3.8, 4) is 11.5 Å². The Kier molecular flexibility index (Phi) is 3.90. The highest BCUT2D eigenvalue weighted by atomic mass is 79.9. The highest BCUT2D eigenvalue weighted by Gasteiger charge is 2.09. The number of hydrogen-bond donors (Lipinski definition) is 1. The first kappa shape index (κ1) is 14.0. The molecule has 0 amide bonds. The molecule has 0 saturated carbocycles. The van der Waals surface area contributed by atoms with Gasteiger partial charge in [0.2, 0.25) is 0 Å². The summed E-state index contributed by atoms with van der Waals surface area (Å²) in [5, 5.41) is 1.05. The number of benzene rings is 2. The number of rotatable bonds is 3. The molecular weight excluding hydrogens is 328 g/mol. The van der Waals surface area contributed by atoms with Crippen molar-refractivity contribution >= 4 is 26.8 Å². The Bertz CT molecular complexity index is 781. The molecule has 0 bridgehead atoms. The minimum absolute atomic E-state index is 0.00503. The molecule has 3 aromatic rings. The predicted octanol–water partition coefficient (Wildman–Crippen LogP) is 4.81. The van der Waals surface area contributed by atoms with Crippen LogP contribution in [0.2, 0.25) is 0 Å². The fourth-order valence-electron chi connectivity index (χ4n) is 2.16. The molecule has 1 heterocycles. The Labute approximate surface area is 131 Å². The van der Waals surface area contributed by atoms with Gasteiger partial charge in [-0.1, -0.05) is 24.3 Å². The summed E-state index contributed by atoms with van der Waals surface area (Å²) in [7, 11) is 0. The Morgan fingerprint density at radius 2 is 1.90 bits per heavy atom. The quantitative estimate of drug-likeness (QED) is 0.742. The lowest BCUT2D eigenvalue weighted by molar-refractivity contribution is 0.483. The second kappa shape index (κ2) is 5.84. The van der Waals surface area contributed by atoms with E-state index >= 15 is 0 Å². The van der Waals surface area contributed by atoms with Crippen LogP contribution in [-0.4, -0.2) is 4.98 Å². The van der Waals surface area contributed by atoms with Gasteiger partial charge in [0.15, 0.2) is 5.75 Å². The van der Waals surface area contributed by atoms with Gasteiger partial charge in [0.1, 0.15) is 11.3 Å². The molecule has 3 nitrogen and oxygen atoms in total. The molecule has 106 valence electrons. The Morgan fingerprint density at radius 3 is 2.67 bits per heavy atom. The van der Waals surface area contributed by atoms with Crippen LogP contribution in [0.4, 0.5) is 0 Å². The molecule has 4 heteroatoms. The number of nitrogens with zero attached hydrogens (tertiary/aromatic N) is 1. The van der Waals surface area contributed by atoms with Crippen LogP contribution in [0.1, 0.15) is 18.5 Å². The van der Waals surface area contributed by atoms with Crippen molar-refractivity contribution in [1.29, 1.82) is 0 Å². The van der Waals surface area contributed by atoms with E-state index in [4.69, 9.17) is 10.5 Å². The first-order valence-electron chi connectivity index (χ1n) is 6.72. The molecule has 21 heavy (non-hydrogen) atoms. The molecular formula is C17H15BrN2O. The number of fused-ring (bicyclic) bond motifs is 1. The van der Waals surface area contributed by atoms with E-state index < -0.39 is 0 Å². The van der Waals surface area contributed by atoms with Gasteiger partial charge in [0.25, 0.3) is 0 Å². The van der Waals surface area contributed by atoms with Crippen molar-refractivity contribution in [2.24, 2.45) is 5.73 Å². The van der Waals surface area contributed by atoms with Crippen LogP contribution in [-0.2, 0) is 0 Å². The summed E-state index contributed by atoms with van der Waals surface area (Å²) in [6.45, 7) is 1.96. The molecule has 0 aliphatic rings. The minimum atomic E-state index is -0.00503. The molecule has 1 atom stereocenters. The van der Waals surface area contributed by atoms with E-state index in [-0.39, 0.29) is 6.04 Å². The van der Waals surface area contributed by atoms with E-state index in [9.17, 15) is 0 Å². The van der Waals surface area contributed by atoms with Crippen LogP contribution >= 0.6 is 15.9 Å². The molecule has 0 fully saturated rings. The third-order valence-corrected chi connectivity index (χ3v) is 3.92. The maximum atomic E-state index is 6.01. The van der Waals surface area contributed by atoms with Gasteiger partial charge in [0, 0.05) is 17.6 Å². The Morgan fingerprint density at radius 1 is 1.10 bits per heavy atom. The monoisotopic (exact) mass is 342 g/mol. The molecule has 1 aromatic heterocycles. The number of ether oxygens (including phenoxy) is 1. The number of pyridine rings is 1. The molecule has 0 spiro atoms. The third-order valence-electron chi connectivity index (χ3n) is 3.30. The van der Waals surface area contributed by atoms with Crippen molar-refractivity contribution in [3.63, 3.8) is 0 Å². The van der Waals surface area contributed by atoms with E-state index in [0.717, 1.165) is 32.4 Å². The molecule has 0 saturated heterocycles. The molecule has 1 unspecified atom stereocenters. The van der Waals surface area contributed by atoms with Crippen molar-refractivity contribution in [1.82, 2.24) is 4.98 Å². The Hall–Kier alpha value is -1.91. The van der Waals surface area contributed by atoms with E-state index in [1.165, 1.54) is 0 Å². The zero-order valence-electron chi connectivity index (χ0n) is 11.6. The molecule has 2 N–H and O–H groups in total. The maximum absolute atomic E-state index is 6.01. The molecule has 2 aromatic carbocycles. The number of nitrogens with two attached hydrogens (primary N) is 1. The lowest BCUT2D eigenvalue weighted by Crippen LogP contribution is -2.04. The molecule has 3 rings (SSSR count). The topological polar surface area (TPSA) is 48.1 Å². The number of hydrogen-bond acceptors (Lipinski definition) is 3. The maximum Gasteiger partial charge on any atom is 0.153 e. The smallest absolute Gasteiger partial charge is 0.153 e. The summed E-state index contributed by atoms with van der Waals surface area (Å²) < 4.78 is 6.89. The second-order valence-electron chi connectivity index (χ2n) is 4.91. The van der Waals surface area contributed by atoms with Crippen molar-refractivity contribution in [3.05, 3.63) is 64.8 Å². The molecule has 0 aliphatic heterocycles. The van der Waals surface area contributed by atoms with Gasteiger partial charge in [-0.3, -0.25) is 4.98 Å². The number of para-hydroxylation sites is 1. The fraction of sp³-hybridized carbons (Fsp3) is 0.118. The standard InChI is InChI=1S/C17H15BrN2O/c1-11(19)13-7-8-15(14(18)10-13)21-16-6-2-4-12-5-3-9-20-17(12)16/h2-11H,19H2,1H3. The van der Waals surface area contributed by atoms with Gasteiger partial charge >= 0.3 is 0 Å². The summed E-state index contributed by atoms with van der Waals surface area (Å²) in [5.74, 6) is 1.49. The molecule has 0 aliphatic carbocycles. The lowest BCUT2D eigenvalue weighted by atomic mass is 10.1. The lowest BCUT2D eigenvalue weighted by Gasteiger charge is -2.12. The van der Waals surface area contributed by atoms with Gasteiger partial charge in [-0.05, 0) is 52.7 Å². The van der Waals surface area contributed by atoms with E-state index in [0.29, 0.717) is 0 Å². The average molecular weight is 343 g/mol. The van der Waals surface area contributed by atoms with Gasteiger partial charge in [-0.15, -0.1) is 0 Å². The summed E-state index contributed by atoms with van der Waals surface area (Å²) in [6, 6.07) is 15.7. The van der Waals surface area contributed by atoms with Crippen LogP contribution in [0, 0.1) is 0 Å². The minimum Gasteiger partial charge on any atom is -0.454 e. The van der Waals surface area contributed by atoms with E-state index in [1.54, 1.807) is 6.20 Å². The summed E-state index contributed by atoms with van der Waals surface area (Å²) in [4.78, 5) is 4.39. The van der Waals surface area contributed by atoms with Crippen molar-refractivity contribution < 1.29 is 4.74 Å². The average Bonchev–Trinajstić information content (AvgIpc) is 2.49. The summed E-state index contributed by atoms with van der Waals surface area (Å²) in [6.07, 6.45) is 1.77. The van der Waals surface area contributed by atoms with E-state index in [2.05, 4.69) is 20.9 Å². The Balaban J connectivity index is 1.99. The third kappa shape index (κ3) is 2.91. The van der Waals surface area contributed by atoms with Crippen LogP contribution in [0.25, 0.3) is 10.9 Å².